The standard InChI is InChI=1S/C18H8Cl2F3N3O5S/c19-8-5-9(20)12(26(30)31)3-7(8)4-13-17(28)25(18(29)32-13)6-14(27)24-11-2-1-10(21)15(22)16(11)23/h1-5H,6H2,(H,24,27)/b13-4-. The summed E-state index contributed by atoms with van der Waals surface area (Å²) in [6.07, 6.45) is 1.11. The summed E-state index contributed by atoms with van der Waals surface area (Å²) < 4.78 is 39.9. The largest absolute Gasteiger partial charge is 0.322 e. The van der Waals surface area contributed by atoms with Crippen molar-refractivity contribution in [1.82, 2.24) is 4.90 Å². The molecule has 0 unspecified atom stereocenters. The molecule has 1 aliphatic heterocycles. The predicted octanol–water partition coefficient (Wildman–Crippen LogP) is 4.99. The zero-order valence-electron chi connectivity index (χ0n) is 15.3. The van der Waals surface area contributed by atoms with Crippen LogP contribution in [0.3, 0.4) is 0 Å². The maximum absolute atomic E-state index is 13.7. The van der Waals surface area contributed by atoms with Crippen molar-refractivity contribution >= 4 is 69.5 Å². The molecular formula is C18H8Cl2F3N3O5S. The molecule has 1 N–H and O–H groups in total. The third-order valence-electron chi connectivity index (χ3n) is 4.03. The number of nitro benzene ring substituents is 1. The van der Waals surface area contributed by atoms with Gasteiger partial charge >= 0.3 is 0 Å². The Kier molecular flexibility index (Phi) is 6.77. The Morgan fingerprint density at radius 1 is 1.16 bits per heavy atom. The summed E-state index contributed by atoms with van der Waals surface area (Å²) >= 11 is 12.2. The lowest BCUT2D eigenvalue weighted by atomic mass is 10.2. The van der Waals surface area contributed by atoms with Crippen LogP contribution in [0, 0.1) is 27.6 Å². The van der Waals surface area contributed by atoms with E-state index < -0.39 is 57.3 Å². The number of imide groups is 1. The highest BCUT2D eigenvalue weighted by atomic mass is 35.5. The van der Waals surface area contributed by atoms with E-state index in [4.69, 9.17) is 23.2 Å². The molecule has 166 valence electrons. The number of nitrogens with zero attached hydrogens (tertiary/aromatic N) is 2. The van der Waals surface area contributed by atoms with E-state index in [1.807, 2.05) is 5.32 Å². The van der Waals surface area contributed by atoms with Gasteiger partial charge in [-0.2, -0.15) is 0 Å². The molecule has 2 aromatic carbocycles. The first-order chi connectivity index (χ1) is 15.0. The van der Waals surface area contributed by atoms with Gasteiger partial charge in [-0.15, -0.1) is 0 Å². The predicted molar refractivity (Wildman–Crippen MR) is 111 cm³/mol. The molecule has 1 saturated heterocycles. The first-order valence-corrected chi connectivity index (χ1v) is 9.89. The molecule has 2 aromatic rings. The minimum absolute atomic E-state index is 0.0287. The second-order valence-electron chi connectivity index (χ2n) is 6.12. The number of nitrogens with one attached hydrogen (secondary N) is 1. The van der Waals surface area contributed by atoms with E-state index in [0.29, 0.717) is 22.7 Å². The summed E-state index contributed by atoms with van der Waals surface area (Å²) in [5.41, 5.74) is -1.13. The Labute approximate surface area is 191 Å². The van der Waals surface area contributed by atoms with Crippen LogP contribution in [0.4, 0.5) is 29.3 Å². The molecule has 0 saturated carbocycles. The van der Waals surface area contributed by atoms with Crippen molar-refractivity contribution in [3.05, 3.63) is 72.3 Å². The zero-order chi connectivity index (χ0) is 23.7. The Morgan fingerprint density at radius 3 is 2.50 bits per heavy atom. The van der Waals surface area contributed by atoms with Crippen LogP contribution in [0.25, 0.3) is 6.08 Å². The number of carbonyl (C=O) groups is 3. The van der Waals surface area contributed by atoms with E-state index in [2.05, 4.69) is 0 Å². The molecule has 8 nitrogen and oxygen atoms in total. The number of amides is 3. The first-order valence-electron chi connectivity index (χ1n) is 8.31. The van der Waals surface area contributed by atoms with E-state index in [1.54, 1.807) is 0 Å². The normalized spacial score (nSPS) is 14.9. The highest BCUT2D eigenvalue weighted by Crippen LogP contribution is 2.36. The van der Waals surface area contributed by atoms with Gasteiger partial charge in [0.25, 0.3) is 16.8 Å². The molecule has 0 atom stereocenters. The summed E-state index contributed by atoms with van der Waals surface area (Å²) in [4.78, 5) is 47.4. The highest BCUT2D eigenvalue weighted by molar-refractivity contribution is 8.18. The molecule has 1 heterocycles. The number of anilines is 1. The summed E-state index contributed by atoms with van der Waals surface area (Å²) in [5.74, 6) is -6.89. The summed E-state index contributed by atoms with van der Waals surface area (Å²) in [6.45, 7) is -0.852. The monoisotopic (exact) mass is 505 g/mol. The molecule has 1 fully saturated rings. The van der Waals surface area contributed by atoms with Crippen LogP contribution in [-0.2, 0) is 9.59 Å². The van der Waals surface area contributed by atoms with Crippen LogP contribution in [0.5, 0.6) is 0 Å². The van der Waals surface area contributed by atoms with Crippen molar-refractivity contribution in [2.75, 3.05) is 11.9 Å². The second-order valence-corrected chi connectivity index (χ2v) is 7.93. The van der Waals surface area contributed by atoms with E-state index in [9.17, 15) is 37.7 Å². The fourth-order valence-electron chi connectivity index (χ4n) is 2.54. The van der Waals surface area contributed by atoms with Gasteiger partial charge in [0.05, 0.1) is 15.5 Å². The van der Waals surface area contributed by atoms with Gasteiger partial charge in [0.2, 0.25) is 5.91 Å². The van der Waals surface area contributed by atoms with Crippen molar-refractivity contribution in [1.29, 1.82) is 0 Å². The van der Waals surface area contributed by atoms with Crippen LogP contribution in [0.15, 0.2) is 29.2 Å². The van der Waals surface area contributed by atoms with Crippen molar-refractivity contribution in [3.63, 3.8) is 0 Å². The molecule has 0 radical (unpaired) electrons. The van der Waals surface area contributed by atoms with Gasteiger partial charge in [-0.05, 0) is 36.0 Å². The van der Waals surface area contributed by atoms with Crippen LogP contribution in [-0.4, -0.2) is 33.4 Å². The lowest BCUT2D eigenvalue weighted by molar-refractivity contribution is -0.384. The van der Waals surface area contributed by atoms with Gasteiger partial charge in [0.1, 0.15) is 11.6 Å². The number of carbonyl (C=O) groups excluding carboxylic acids is 3. The average molecular weight is 506 g/mol. The first kappa shape index (κ1) is 23.6. The Balaban J connectivity index is 1.79. The van der Waals surface area contributed by atoms with Crippen LogP contribution in [0.2, 0.25) is 10.0 Å². The van der Waals surface area contributed by atoms with Gasteiger partial charge in [-0.3, -0.25) is 29.4 Å². The lowest BCUT2D eigenvalue weighted by Crippen LogP contribution is -2.36. The smallest absolute Gasteiger partial charge is 0.294 e. The molecule has 14 heteroatoms. The Bertz CT molecular complexity index is 1220. The summed E-state index contributed by atoms with van der Waals surface area (Å²) in [5, 5.41) is 11.9. The van der Waals surface area contributed by atoms with E-state index in [1.165, 1.54) is 0 Å². The maximum atomic E-state index is 13.7. The number of hydrogen-bond acceptors (Lipinski definition) is 6. The summed E-state index contributed by atoms with van der Waals surface area (Å²) in [7, 11) is 0. The van der Waals surface area contributed by atoms with Crippen molar-refractivity contribution in [2.45, 2.75) is 0 Å². The SMILES string of the molecule is O=C(CN1C(=O)S/C(=C\c2cc([N+](=O)[O-])c(Cl)cc2Cl)C1=O)Nc1ccc(F)c(F)c1F. The lowest BCUT2D eigenvalue weighted by Gasteiger charge is -2.13. The molecular weight excluding hydrogens is 498 g/mol. The van der Waals surface area contributed by atoms with Gasteiger partial charge in [-0.1, -0.05) is 23.2 Å². The molecule has 0 bridgehead atoms. The second kappa shape index (κ2) is 9.18. The van der Waals surface area contributed by atoms with Crippen molar-refractivity contribution in [3.8, 4) is 0 Å². The third-order valence-corrected chi connectivity index (χ3v) is 5.57. The summed E-state index contributed by atoms with van der Waals surface area (Å²) in [6, 6.07) is 3.47. The van der Waals surface area contributed by atoms with Crippen molar-refractivity contribution < 1.29 is 32.5 Å². The number of nitro groups is 1. The minimum Gasteiger partial charge on any atom is -0.322 e. The number of rotatable bonds is 5. The third kappa shape index (κ3) is 4.71. The minimum atomic E-state index is -1.80. The zero-order valence-corrected chi connectivity index (χ0v) is 17.7. The Morgan fingerprint density at radius 2 is 1.84 bits per heavy atom. The van der Waals surface area contributed by atoms with Gasteiger partial charge in [-0.25, -0.2) is 13.2 Å². The number of thioether (sulfide) groups is 1. The molecule has 1 aliphatic rings. The molecule has 3 amide bonds. The molecule has 0 aromatic heterocycles. The van der Waals surface area contributed by atoms with E-state index in [-0.39, 0.29) is 20.5 Å². The van der Waals surface area contributed by atoms with Crippen molar-refractivity contribution in [2.24, 2.45) is 0 Å². The Hall–Kier alpha value is -3.09. The number of hydrogen-bond donors (Lipinski definition) is 1. The highest BCUT2D eigenvalue weighted by Gasteiger charge is 2.36. The van der Waals surface area contributed by atoms with Gasteiger partial charge < -0.3 is 5.32 Å². The van der Waals surface area contributed by atoms with Crippen LogP contribution in [0.1, 0.15) is 5.56 Å². The van der Waals surface area contributed by atoms with Gasteiger partial charge in [0, 0.05) is 16.7 Å². The molecule has 0 aliphatic carbocycles. The molecule has 32 heavy (non-hydrogen) atoms. The van der Waals surface area contributed by atoms with Gasteiger partial charge in [0.15, 0.2) is 17.5 Å². The quantitative estimate of drug-likeness (QED) is 0.265. The van der Waals surface area contributed by atoms with E-state index in [0.717, 1.165) is 24.3 Å². The molecule has 0 spiro atoms. The van der Waals surface area contributed by atoms with Crippen LogP contribution >= 0.6 is 35.0 Å². The molecule has 3 rings (SSSR count). The topological polar surface area (TPSA) is 110 Å². The van der Waals surface area contributed by atoms with Crippen LogP contribution < -0.4 is 5.32 Å². The number of benzene rings is 2. The number of halogens is 5. The fraction of sp³-hybridized carbons (Fsp3) is 0.0556. The van der Waals surface area contributed by atoms with E-state index >= 15 is 0 Å². The fourth-order valence-corrected chi connectivity index (χ4v) is 3.87. The average Bonchev–Trinajstić information content (AvgIpc) is 2.97. The maximum Gasteiger partial charge on any atom is 0.294 e.